The van der Waals surface area contributed by atoms with Gasteiger partial charge in [0.15, 0.2) is 0 Å². The van der Waals surface area contributed by atoms with Gasteiger partial charge in [0.1, 0.15) is 6.10 Å². The predicted octanol–water partition coefficient (Wildman–Crippen LogP) is 2.84. The molecule has 1 saturated carbocycles. The number of likely N-dealkylation sites (tertiary alicyclic amines) is 1. The Balaban J connectivity index is 1.39. The number of hydrogen-bond donors (Lipinski definition) is 0. The molecular formula is C25H35N3O4. The van der Waals surface area contributed by atoms with Crippen LogP contribution in [0.2, 0.25) is 0 Å². The van der Waals surface area contributed by atoms with Crippen LogP contribution in [0.25, 0.3) is 0 Å². The summed E-state index contributed by atoms with van der Waals surface area (Å²) < 4.78 is 5.96. The molecule has 3 aliphatic rings. The third-order valence-electron chi connectivity index (χ3n) is 6.93. The first-order valence-electron chi connectivity index (χ1n) is 12.2. The van der Waals surface area contributed by atoms with Gasteiger partial charge >= 0.3 is 5.97 Å². The highest BCUT2D eigenvalue weighted by Gasteiger charge is 2.34. The Bertz CT molecular complexity index is 778. The summed E-state index contributed by atoms with van der Waals surface area (Å²) in [6, 6.07) is 10.4. The zero-order valence-corrected chi connectivity index (χ0v) is 18.9. The number of rotatable bonds is 7. The van der Waals surface area contributed by atoms with Crippen molar-refractivity contribution in [3.8, 4) is 0 Å². The fourth-order valence-electron chi connectivity index (χ4n) is 5.10. The van der Waals surface area contributed by atoms with Gasteiger partial charge in [0, 0.05) is 51.3 Å². The average Bonchev–Trinajstić information content (AvgIpc) is 3.00. The molecule has 3 fully saturated rings. The molecule has 2 amide bonds. The van der Waals surface area contributed by atoms with Crippen molar-refractivity contribution in [2.45, 2.75) is 57.5 Å². The number of amides is 2. The lowest BCUT2D eigenvalue weighted by atomic mass is 9.89. The Morgan fingerprint density at radius 1 is 0.875 bits per heavy atom. The fourth-order valence-corrected chi connectivity index (χ4v) is 5.10. The van der Waals surface area contributed by atoms with E-state index < -0.39 is 6.10 Å². The Labute approximate surface area is 190 Å². The van der Waals surface area contributed by atoms with Gasteiger partial charge in [-0.1, -0.05) is 37.5 Å². The minimum Gasteiger partial charge on any atom is -0.459 e. The summed E-state index contributed by atoms with van der Waals surface area (Å²) in [5.74, 6) is -0.511. The third-order valence-corrected chi connectivity index (χ3v) is 6.93. The van der Waals surface area contributed by atoms with E-state index in [0.29, 0.717) is 6.54 Å². The molecule has 0 radical (unpaired) electrons. The quantitative estimate of drug-likeness (QED) is 0.479. The SMILES string of the molecule is O=C(OC(CN1CCCN(c2ccccc2)CC1)CN1C(=O)CCC1=O)C1CCCCC1. The molecule has 1 aliphatic carbocycles. The summed E-state index contributed by atoms with van der Waals surface area (Å²) in [5, 5.41) is 0. The van der Waals surface area contributed by atoms with E-state index >= 15 is 0 Å². The molecule has 1 aromatic carbocycles. The molecule has 7 nitrogen and oxygen atoms in total. The zero-order valence-electron chi connectivity index (χ0n) is 18.9. The molecule has 0 spiro atoms. The Kier molecular flexibility index (Phi) is 7.79. The van der Waals surface area contributed by atoms with Crippen molar-refractivity contribution in [2.75, 3.05) is 44.2 Å². The molecule has 1 atom stereocenters. The summed E-state index contributed by atoms with van der Waals surface area (Å²) in [7, 11) is 0. The van der Waals surface area contributed by atoms with E-state index in [0.717, 1.165) is 58.3 Å². The number of nitrogens with zero attached hydrogens (tertiary/aromatic N) is 3. The number of ether oxygens (including phenoxy) is 1. The van der Waals surface area contributed by atoms with Crippen LogP contribution in [0.5, 0.6) is 0 Å². The molecule has 0 aromatic heterocycles. The van der Waals surface area contributed by atoms with E-state index in [1.54, 1.807) is 0 Å². The topological polar surface area (TPSA) is 70.2 Å². The van der Waals surface area contributed by atoms with E-state index in [1.165, 1.54) is 17.0 Å². The van der Waals surface area contributed by atoms with Crippen LogP contribution >= 0.6 is 0 Å². The van der Waals surface area contributed by atoms with Gasteiger partial charge in [-0.25, -0.2) is 0 Å². The lowest BCUT2D eigenvalue weighted by molar-refractivity contribution is -0.160. The number of carbonyl (C=O) groups is 3. The van der Waals surface area contributed by atoms with Crippen LogP contribution in [0, 0.1) is 5.92 Å². The molecule has 0 bridgehead atoms. The van der Waals surface area contributed by atoms with Crippen LogP contribution in [-0.2, 0) is 19.1 Å². The summed E-state index contributed by atoms with van der Waals surface area (Å²) >= 11 is 0. The molecule has 2 heterocycles. The Morgan fingerprint density at radius 3 is 2.31 bits per heavy atom. The van der Waals surface area contributed by atoms with Gasteiger partial charge < -0.3 is 9.64 Å². The van der Waals surface area contributed by atoms with E-state index in [2.05, 4.69) is 34.1 Å². The van der Waals surface area contributed by atoms with Crippen molar-refractivity contribution in [2.24, 2.45) is 5.92 Å². The molecule has 1 aromatic rings. The van der Waals surface area contributed by atoms with Crippen LogP contribution in [0.1, 0.15) is 51.4 Å². The normalized spacial score (nSPS) is 22.1. The maximum atomic E-state index is 12.9. The number of carbonyl (C=O) groups excluding carboxylic acids is 3. The van der Waals surface area contributed by atoms with Gasteiger partial charge in [0.2, 0.25) is 11.8 Å². The van der Waals surface area contributed by atoms with Crippen LogP contribution in [0.15, 0.2) is 30.3 Å². The first-order valence-corrected chi connectivity index (χ1v) is 12.2. The summed E-state index contributed by atoms with van der Waals surface area (Å²) in [6.07, 6.45) is 6.12. The zero-order chi connectivity index (χ0) is 22.3. The third kappa shape index (κ3) is 5.88. The minimum absolute atomic E-state index is 0.0473. The molecule has 2 aliphatic heterocycles. The number of anilines is 1. The van der Waals surface area contributed by atoms with Gasteiger partial charge in [-0.15, -0.1) is 0 Å². The van der Waals surface area contributed by atoms with Gasteiger partial charge in [-0.3, -0.25) is 24.2 Å². The van der Waals surface area contributed by atoms with Crippen LogP contribution in [-0.4, -0.2) is 73.0 Å². The lowest BCUT2D eigenvalue weighted by Gasteiger charge is -2.30. The van der Waals surface area contributed by atoms with Crippen LogP contribution < -0.4 is 4.90 Å². The molecule has 1 unspecified atom stereocenters. The second-order valence-electron chi connectivity index (χ2n) is 9.27. The maximum Gasteiger partial charge on any atom is 0.309 e. The number of hydrogen-bond acceptors (Lipinski definition) is 6. The van der Waals surface area contributed by atoms with Crippen molar-refractivity contribution < 1.29 is 19.1 Å². The second-order valence-corrected chi connectivity index (χ2v) is 9.27. The first-order chi connectivity index (χ1) is 15.6. The van der Waals surface area contributed by atoms with E-state index in [4.69, 9.17) is 4.74 Å². The minimum atomic E-state index is -0.473. The van der Waals surface area contributed by atoms with Crippen LogP contribution in [0.3, 0.4) is 0 Å². The molecule has 4 rings (SSSR count). The van der Waals surface area contributed by atoms with Crippen molar-refractivity contribution in [3.63, 3.8) is 0 Å². The summed E-state index contributed by atoms with van der Waals surface area (Å²) in [5.41, 5.74) is 1.22. The fraction of sp³-hybridized carbons (Fsp3) is 0.640. The van der Waals surface area contributed by atoms with E-state index in [1.807, 2.05) is 6.07 Å². The van der Waals surface area contributed by atoms with Crippen molar-refractivity contribution >= 4 is 23.5 Å². The second kappa shape index (κ2) is 10.9. The largest absolute Gasteiger partial charge is 0.459 e. The van der Waals surface area contributed by atoms with Crippen molar-refractivity contribution in [3.05, 3.63) is 30.3 Å². The number of para-hydroxylation sites is 1. The number of benzene rings is 1. The molecule has 32 heavy (non-hydrogen) atoms. The van der Waals surface area contributed by atoms with Gasteiger partial charge in [-0.05, 0) is 31.4 Å². The molecule has 7 heteroatoms. The van der Waals surface area contributed by atoms with Crippen LogP contribution in [0.4, 0.5) is 5.69 Å². The lowest BCUT2D eigenvalue weighted by Crippen LogP contribution is -2.46. The van der Waals surface area contributed by atoms with Crippen molar-refractivity contribution in [1.29, 1.82) is 0 Å². The van der Waals surface area contributed by atoms with Gasteiger partial charge in [0.05, 0.1) is 12.5 Å². The highest BCUT2D eigenvalue weighted by atomic mass is 16.5. The Hall–Kier alpha value is -2.41. The standard InChI is InChI=1S/C25H35N3O4/c29-23-12-13-24(30)28(23)19-22(32-25(31)20-8-3-1-4-9-20)18-26-14-7-15-27(17-16-26)21-10-5-2-6-11-21/h2,5-6,10-11,20,22H,1,3-4,7-9,12-19H2. The van der Waals surface area contributed by atoms with Gasteiger partial charge in [-0.2, -0.15) is 0 Å². The predicted molar refractivity (Wildman–Crippen MR) is 122 cm³/mol. The highest BCUT2D eigenvalue weighted by molar-refractivity contribution is 6.01. The molecule has 0 N–H and O–H groups in total. The number of esters is 1. The number of imide groups is 1. The maximum absolute atomic E-state index is 12.9. The monoisotopic (exact) mass is 441 g/mol. The Morgan fingerprint density at radius 2 is 1.59 bits per heavy atom. The van der Waals surface area contributed by atoms with E-state index in [-0.39, 0.29) is 43.1 Å². The van der Waals surface area contributed by atoms with Gasteiger partial charge in [0.25, 0.3) is 0 Å². The average molecular weight is 442 g/mol. The van der Waals surface area contributed by atoms with Crippen molar-refractivity contribution in [1.82, 2.24) is 9.80 Å². The molecular weight excluding hydrogens is 406 g/mol. The first kappa shape index (κ1) is 22.8. The molecule has 174 valence electrons. The summed E-state index contributed by atoms with van der Waals surface area (Å²) in [4.78, 5) is 43.2. The van der Waals surface area contributed by atoms with E-state index in [9.17, 15) is 14.4 Å². The molecule has 2 saturated heterocycles. The summed E-state index contributed by atoms with van der Waals surface area (Å²) in [6.45, 7) is 4.37. The highest BCUT2D eigenvalue weighted by Crippen LogP contribution is 2.26. The smallest absolute Gasteiger partial charge is 0.309 e.